The molecule has 3 heteroatoms. The van der Waals surface area contributed by atoms with Crippen molar-refractivity contribution in [3.63, 3.8) is 0 Å². The van der Waals surface area contributed by atoms with E-state index in [0.717, 1.165) is 22.6 Å². The Hall–Kier alpha value is -0.830. The highest BCUT2D eigenvalue weighted by atomic mass is 79.9. The smallest absolute Gasteiger partial charge is 0.227 e. The van der Waals surface area contributed by atoms with Crippen LogP contribution in [-0.4, -0.2) is 12.5 Å². The Balaban J connectivity index is 1.88. The fraction of sp³-hybridized carbons (Fsp3) is 0.667. The molecule has 0 radical (unpaired) electrons. The molecule has 0 aromatic heterocycles. The molecule has 1 unspecified atom stereocenters. The first-order valence-electron chi connectivity index (χ1n) is 9.49. The minimum atomic E-state index is 0.0910. The summed E-state index contributed by atoms with van der Waals surface area (Å²) in [7, 11) is 0. The van der Waals surface area contributed by atoms with Crippen LogP contribution in [0, 0.1) is 11.8 Å². The van der Waals surface area contributed by atoms with Crippen LogP contribution in [0.15, 0.2) is 22.7 Å². The first kappa shape index (κ1) is 18.0. The number of benzene rings is 1. The molecule has 1 aromatic carbocycles. The summed E-state index contributed by atoms with van der Waals surface area (Å²) in [6.45, 7) is 7.46. The van der Waals surface area contributed by atoms with Gasteiger partial charge < -0.3 is 4.90 Å². The monoisotopic (exact) mass is 391 g/mol. The number of rotatable bonds is 4. The van der Waals surface area contributed by atoms with Gasteiger partial charge in [-0.1, -0.05) is 68.8 Å². The number of halogens is 1. The van der Waals surface area contributed by atoms with Crippen molar-refractivity contribution >= 4 is 27.5 Å². The van der Waals surface area contributed by atoms with Gasteiger partial charge in [0.1, 0.15) is 0 Å². The second kappa shape index (κ2) is 7.19. The maximum absolute atomic E-state index is 12.8. The van der Waals surface area contributed by atoms with Gasteiger partial charge in [0.05, 0.1) is 0 Å². The predicted molar refractivity (Wildman–Crippen MR) is 104 cm³/mol. The first-order chi connectivity index (χ1) is 11.4. The molecule has 1 atom stereocenters. The van der Waals surface area contributed by atoms with Crippen LogP contribution in [0.5, 0.6) is 0 Å². The van der Waals surface area contributed by atoms with E-state index in [9.17, 15) is 4.79 Å². The van der Waals surface area contributed by atoms with Crippen LogP contribution >= 0.6 is 15.9 Å². The quantitative estimate of drug-likeness (QED) is 0.609. The number of hydrogen-bond acceptors (Lipinski definition) is 1. The lowest BCUT2D eigenvalue weighted by atomic mass is 9.73. The molecule has 0 bridgehead atoms. The van der Waals surface area contributed by atoms with E-state index in [0.29, 0.717) is 12.3 Å². The van der Waals surface area contributed by atoms with Gasteiger partial charge in [-0.3, -0.25) is 4.79 Å². The Labute approximate surface area is 155 Å². The molecule has 1 saturated carbocycles. The van der Waals surface area contributed by atoms with Crippen molar-refractivity contribution in [1.29, 1.82) is 0 Å². The van der Waals surface area contributed by atoms with Gasteiger partial charge >= 0.3 is 0 Å². The summed E-state index contributed by atoms with van der Waals surface area (Å²) in [5.41, 5.74) is 2.59. The standard InChI is InChI=1S/C21H30BrNO/c1-15(2)11-20(24)23-14-21(3,13-16-7-5-4-6-8-16)18-12-17(22)9-10-19(18)23/h9-10,12,15-16H,4-8,11,13-14H2,1-3H3. The predicted octanol–water partition coefficient (Wildman–Crippen LogP) is 6.07. The molecule has 1 aromatic rings. The third-order valence-corrected chi connectivity index (χ3v) is 6.25. The van der Waals surface area contributed by atoms with Crippen LogP contribution in [0.4, 0.5) is 5.69 Å². The lowest BCUT2D eigenvalue weighted by Gasteiger charge is -2.32. The van der Waals surface area contributed by atoms with Gasteiger partial charge in [-0.2, -0.15) is 0 Å². The zero-order valence-electron chi connectivity index (χ0n) is 15.3. The molecule has 3 rings (SSSR count). The lowest BCUT2D eigenvalue weighted by Crippen LogP contribution is -2.37. The molecular formula is C21H30BrNO. The number of hydrogen-bond donors (Lipinski definition) is 0. The van der Waals surface area contributed by atoms with Crippen LogP contribution in [-0.2, 0) is 10.2 Å². The minimum absolute atomic E-state index is 0.0910. The fourth-order valence-electron chi connectivity index (χ4n) is 4.63. The van der Waals surface area contributed by atoms with Gasteiger partial charge in [-0.15, -0.1) is 0 Å². The normalized spacial score (nSPS) is 24.5. The Morgan fingerprint density at radius 1 is 1.29 bits per heavy atom. The zero-order valence-corrected chi connectivity index (χ0v) is 16.9. The minimum Gasteiger partial charge on any atom is -0.311 e. The summed E-state index contributed by atoms with van der Waals surface area (Å²) < 4.78 is 1.12. The Morgan fingerprint density at radius 2 is 2.00 bits per heavy atom. The highest BCUT2D eigenvalue weighted by Crippen LogP contribution is 2.47. The number of nitrogens with zero attached hydrogens (tertiary/aromatic N) is 1. The molecule has 2 aliphatic rings. The van der Waals surface area contributed by atoms with Crippen LogP contribution in [0.25, 0.3) is 0 Å². The zero-order chi connectivity index (χ0) is 17.3. The molecule has 2 nitrogen and oxygen atoms in total. The van der Waals surface area contributed by atoms with Crippen molar-refractivity contribution in [2.45, 2.75) is 71.1 Å². The van der Waals surface area contributed by atoms with E-state index in [1.54, 1.807) is 0 Å². The second-order valence-corrected chi connectivity index (χ2v) is 9.42. The molecule has 24 heavy (non-hydrogen) atoms. The van der Waals surface area contributed by atoms with E-state index in [4.69, 9.17) is 0 Å². The van der Waals surface area contributed by atoms with Crippen molar-refractivity contribution in [3.05, 3.63) is 28.2 Å². The van der Waals surface area contributed by atoms with E-state index in [1.165, 1.54) is 44.1 Å². The Bertz CT molecular complexity index is 606. The molecule has 1 fully saturated rings. The molecule has 1 heterocycles. The third kappa shape index (κ3) is 3.71. The van der Waals surface area contributed by atoms with Gasteiger partial charge in [-0.05, 0) is 42.0 Å². The number of fused-ring (bicyclic) bond motifs is 1. The van der Waals surface area contributed by atoms with E-state index < -0.39 is 0 Å². The molecule has 1 amide bonds. The maximum atomic E-state index is 12.8. The summed E-state index contributed by atoms with van der Waals surface area (Å²) >= 11 is 3.64. The second-order valence-electron chi connectivity index (χ2n) is 8.51. The molecule has 0 saturated heterocycles. The number of carbonyl (C=O) groups is 1. The molecular weight excluding hydrogens is 362 g/mol. The maximum Gasteiger partial charge on any atom is 0.227 e. The summed E-state index contributed by atoms with van der Waals surface area (Å²) in [6, 6.07) is 6.45. The Morgan fingerprint density at radius 3 is 2.67 bits per heavy atom. The van der Waals surface area contributed by atoms with E-state index in [-0.39, 0.29) is 11.3 Å². The highest BCUT2D eigenvalue weighted by Gasteiger charge is 2.42. The largest absolute Gasteiger partial charge is 0.311 e. The van der Waals surface area contributed by atoms with Crippen molar-refractivity contribution in [3.8, 4) is 0 Å². The van der Waals surface area contributed by atoms with Crippen molar-refractivity contribution < 1.29 is 4.79 Å². The SMILES string of the molecule is CC(C)CC(=O)N1CC(C)(CC2CCCCC2)c2cc(Br)ccc21. The average molecular weight is 392 g/mol. The van der Waals surface area contributed by atoms with Gasteiger partial charge in [-0.25, -0.2) is 0 Å². The Kier molecular flexibility index (Phi) is 5.39. The lowest BCUT2D eigenvalue weighted by molar-refractivity contribution is -0.119. The van der Waals surface area contributed by atoms with Crippen molar-refractivity contribution in [1.82, 2.24) is 0 Å². The highest BCUT2D eigenvalue weighted by molar-refractivity contribution is 9.10. The van der Waals surface area contributed by atoms with Crippen LogP contribution < -0.4 is 4.90 Å². The van der Waals surface area contributed by atoms with E-state index in [1.807, 2.05) is 0 Å². The molecule has 0 spiro atoms. The van der Waals surface area contributed by atoms with Crippen LogP contribution in [0.3, 0.4) is 0 Å². The van der Waals surface area contributed by atoms with Gasteiger partial charge in [0.2, 0.25) is 5.91 Å². The molecule has 0 N–H and O–H groups in total. The van der Waals surface area contributed by atoms with E-state index >= 15 is 0 Å². The summed E-state index contributed by atoms with van der Waals surface area (Å²) in [4.78, 5) is 14.9. The fourth-order valence-corrected chi connectivity index (χ4v) is 4.99. The van der Waals surface area contributed by atoms with Crippen molar-refractivity contribution in [2.24, 2.45) is 11.8 Å². The van der Waals surface area contributed by atoms with Gasteiger partial charge in [0.15, 0.2) is 0 Å². The number of amides is 1. The van der Waals surface area contributed by atoms with Crippen LogP contribution in [0.2, 0.25) is 0 Å². The summed E-state index contributed by atoms with van der Waals surface area (Å²) in [5, 5.41) is 0. The van der Waals surface area contributed by atoms with E-state index in [2.05, 4.69) is 59.8 Å². The summed E-state index contributed by atoms with van der Waals surface area (Å²) in [5.74, 6) is 1.50. The topological polar surface area (TPSA) is 20.3 Å². The molecule has 1 aliphatic heterocycles. The molecule has 1 aliphatic carbocycles. The average Bonchev–Trinajstić information content (AvgIpc) is 2.80. The first-order valence-corrected chi connectivity index (χ1v) is 10.3. The third-order valence-electron chi connectivity index (χ3n) is 5.75. The van der Waals surface area contributed by atoms with Crippen molar-refractivity contribution in [2.75, 3.05) is 11.4 Å². The summed E-state index contributed by atoms with van der Waals surface area (Å²) in [6.07, 6.45) is 8.72. The van der Waals surface area contributed by atoms with Crippen LogP contribution in [0.1, 0.15) is 71.3 Å². The molecule has 132 valence electrons. The number of anilines is 1. The van der Waals surface area contributed by atoms with Gasteiger partial charge in [0.25, 0.3) is 0 Å². The number of carbonyl (C=O) groups excluding carboxylic acids is 1. The van der Waals surface area contributed by atoms with Gasteiger partial charge in [0, 0.05) is 28.5 Å².